The van der Waals surface area contributed by atoms with E-state index in [-0.39, 0.29) is 28.9 Å². The Bertz CT molecular complexity index is 1320. The molecule has 2 aromatic carbocycles. The number of anilines is 1. The third kappa shape index (κ3) is 4.93. The number of rotatable bonds is 6. The first-order valence-electron chi connectivity index (χ1n) is 10.3. The number of esters is 1. The lowest BCUT2D eigenvalue weighted by Gasteiger charge is -2.15. The van der Waals surface area contributed by atoms with Gasteiger partial charge in [-0.2, -0.15) is 13.2 Å². The minimum Gasteiger partial charge on any atom is -0.467 e. The van der Waals surface area contributed by atoms with Crippen molar-refractivity contribution in [2.24, 2.45) is 0 Å². The Hall–Kier alpha value is -4.41. The maximum atomic E-state index is 12.9. The van der Waals surface area contributed by atoms with E-state index in [9.17, 15) is 32.3 Å². The van der Waals surface area contributed by atoms with Crippen molar-refractivity contribution in [1.29, 1.82) is 0 Å². The van der Waals surface area contributed by atoms with Gasteiger partial charge in [0.25, 0.3) is 17.7 Å². The lowest BCUT2D eigenvalue weighted by Crippen LogP contribution is -2.30. The molecule has 1 atom stereocenters. The summed E-state index contributed by atoms with van der Waals surface area (Å²) in [5.41, 5.74) is -1.04. The summed E-state index contributed by atoms with van der Waals surface area (Å²) in [6.07, 6.45) is -4.54. The molecule has 8 nitrogen and oxygen atoms in total. The summed E-state index contributed by atoms with van der Waals surface area (Å²) in [4.78, 5) is 51.1. The van der Waals surface area contributed by atoms with Crippen LogP contribution < -0.4 is 5.32 Å². The zero-order valence-electron chi connectivity index (χ0n) is 18.1. The molecule has 1 N–H and O–H groups in total. The molecule has 0 radical (unpaired) electrons. The third-order valence-corrected chi connectivity index (χ3v) is 5.21. The Morgan fingerprint density at radius 3 is 2.46 bits per heavy atom. The van der Waals surface area contributed by atoms with Gasteiger partial charge in [-0.05, 0) is 55.5 Å². The van der Waals surface area contributed by atoms with Gasteiger partial charge in [0.2, 0.25) is 0 Å². The van der Waals surface area contributed by atoms with Crippen molar-refractivity contribution in [2.75, 3.05) is 5.32 Å². The highest BCUT2D eigenvalue weighted by molar-refractivity contribution is 6.21. The topological polar surface area (TPSA) is 106 Å². The second kappa shape index (κ2) is 9.09. The van der Waals surface area contributed by atoms with E-state index in [4.69, 9.17) is 9.15 Å². The summed E-state index contributed by atoms with van der Waals surface area (Å²) >= 11 is 0. The molecule has 1 aromatic heterocycles. The predicted octanol–water partition coefficient (Wildman–Crippen LogP) is 4.28. The Balaban J connectivity index is 1.43. The second-order valence-electron chi connectivity index (χ2n) is 7.65. The van der Waals surface area contributed by atoms with Crippen LogP contribution >= 0.6 is 0 Å². The van der Waals surface area contributed by atoms with Crippen molar-refractivity contribution in [3.05, 3.63) is 88.9 Å². The average Bonchev–Trinajstić information content (AvgIpc) is 3.41. The largest absolute Gasteiger partial charge is 0.467 e. The highest BCUT2D eigenvalue weighted by atomic mass is 19.4. The Morgan fingerprint density at radius 1 is 1.03 bits per heavy atom. The summed E-state index contributed by atoms with van der Waals surface area (Å²) in [5, 5.41) is 2.26. The number of hydrogen-bond donors (Lipinski definition) is 1. The zero-order chi connectivity index (χ0) is 25.3. The molecule has 1 unspecified atom stereocenters. The van der Waals surface area contributed by atoms with Gasteiger partial charge in [-0.3, -0.25) is 19.3 Å². The Morgan fingerprint density at radius 2 is 1.77 bits per heavy atom. The first kappa shape index (κ1) is 23.7. The molecule has 1 aliphatic rings. The number of carbonyl (C=O) groups is 4. The van der Waals surface area contributed by atoms with Crippen LogP contribution in [0, 0.1) is 0 Å². The lowest BCUT2D eigenvalue weighted by atomic mass is 10.1. The van der Waals surface area contributed by atoms with E-state index >= 15 is 0 Å². The fraction of sp³-hybridized carbons (Fsp3) is 0.167. The number of halogens is 3. The molecule has 3 aromatic rings. The van der Waals surface area contributed by atoms with Crippen molar-refractivity contribution in [3.8, 4) is 0 Å². The van der Waals surface area contributed by atoms with E-state index in [2.05, 4.69) is 5.32 Å². The molecule has 2 heterocycles. The lowest BCUT2D eigenvalue weighted by molar-refractivity contribution is -0.137. The minimum atomic E-state index is -4.58. The number of nitrogens with one attached hydrogen (secondary N) is 1. The standard InChI is InChI=1S/C24H17F3N2O6/c1-13(20(30)28-16-5-2-4-15(11-16)24(25,26)27)35-23(33)14-7-8-18-19(10-14)22(32)29(21(18)31)12-17-6-3-9-34-17/h2-11,13H,12H2,1H3,(H,28,30). The summed E-state index contributed by atoms with van der Waals surface area (Å²) < 4.78 is 48.8. The quantitative estimate of drug-likeness (QED) is 0.412. The first-order chi connectivity index (χ1) is 16.5. The predicted molar refractivity (Wildman–Crippen MR) is 114 cm³/mol. The fourth-order valence-electron chi connectivity index (χ4n) is 3.42. The van der Waals surface area contributed by atoms with Crippen LogP contribution in [0.5, 0.6) is 0 Å². The molecule has 3 amide bonds. The summed E-state index contributed by atoms with van der Waals surface area (Å²) in [6, 6.07) is 11.0. The molecule has 0 aliphatic carbocycles. The number of alkyl halides is 3. The van der Waals surface area contributed by atoms with Gasteiger partial charge in [0.05, 0.1) is 35.1 Å². The molecule has 180 valence electrons. The molecule has 0 saturated carbocycles. The molecule has 1 aliphatic heterocycles. The number of amides is 3. The number of carbonyl (C=O) groups excluding carboxylic acids is 4. The summed E-state index contributed by atoms with van der Waals surface area (Å²) in [7, 11) is 0. The van der Waals surface area contributed by atoms with Gasteiger partial charge in [-0.25, -0.2) is 4.79 Å². The van der Waals surface area contributed by atoms with Gasteiger partial charge in [-0.1, -0.05) is 6.07 Å². The molecular weight excluding hydrogens is 469 g/mol. The Labute approximate surface area is 196 Å². The molecule has 4 rings (SSSR count). The SMILES string of the molecule is CC(OC(=O)c1ccc2c(c1)C(=O)N(Cc1ccco1)C2=O)C(=O)Nc1cccc(C(F)(F)F)c1. The van der Waals surface area contributed by atoms with E-state index in [0.29, 0.717) is 5.76 Å². The van der Waals surface area contributed by atoms with Crippen LogP contribution in [0.2, 0.25) is 0 Å². The Kier molecular flexibility index (Phi) is 6.16. The van der Waals surface area contributed by atoms with Crippen LogP contribution in [-0.2, 0) is 22.3 Å². The zero-order valence-corrected chi connectivity index (χ0v) is 18.1. The van der Waals surface area contributed by atoms with Crippen molar-refractivity contribution < 1.29 is 41.5 Å². The molecule has 0 bridgehead atoms. The van der Waals surface area contributed by atoms with Crippen LogP contribution in [0.4, 0.5) is 18.9 Å². The molecule has 11 heteroatoms. The van der Waals surface area contributed by atoms with Crippen molar-refractivity contribution in [3.63, 3.8) is 0 Å². The molecule has 0 saturated heterocycles. The molecule has 0 spiro atoms. The number of benzene rings is 2. The number of nitrogens with zero attached hydrogens (tertiary/aromatic N) is 1. The monoisotopic (exact) mass is 486 g/mol. The highest BCUT2D eigenvalue weighted by Gasteiger charge is 2.37. The van der Waals surface area contributed by atoms with Gasteiger partial charge in [-0.15, -0.1) is 0 Å². The van der Waals surface area contributed by atoms with Crippen molar-refractivity contribution in [1.82, 2.24) is 4.90 Å². The van der Waals surface area contributed by atoms with Crippen molar-refractivity contribution >= 4 is 29.4 Å². The normalized spacial score (nSPS) is 14.0. The smallest absolute Gasteiger partial charge is 0.416 e. The van der Waals surface area contributed by atoms with Crippen LogP contribution in [-0.4, -0.2) is 34.7 Å². The van der Waals surface area contributed by atoms with Gasteiger partial charge >= 0.3 is 12.1 Å². The summed E-state index contributed by atoms with van der Waals surface area (Å²) in [6.45, 7) is 1.17. The van der Waals surface area contributed by atoms with E-state index in [1.54, 1.807) is 12.1 Å². The number of imide groups is 1. The minimum absolute atomic E-state index is 0.00271. The highest BCUT2D eigenvalue weighted by Crippen LogP contribution is 2.31. The van der Waals surface area contributed by atoms with E-state index in [1.807, 2.05) is 0 Å². The van der Waals surface area contributed by atoms with Crippen molar-refractivity contribution in [2.45, 2.75) is 25.7 Å². The average molecular weight is 486 g/mol. The number of fused-ring (bicyclic) bond motifs is 1. The van der Waals surface area contributed by atoms with Crippen LogP contribution in [0.25, 0.3) is 0 Å². The summed E-state index contributed by atoms with van der Waals surface area (Å²) in [5.74, 6) is -2.57. The van der Waals surface area contributed by atoms with E-state index < -0.39 is 41.5 Å². The van der Waals surface area contributed by atoms with Crippen LogP contribution in [0.15, 0.2) is 65.3 Å². The van der Waals surface area contributed by atoms with Gasteiger partial charge < -0.3 is 14.5 Å². The van der Waals surface area contributed by atoms with Crippen LogP contribution in [0.1, 0.15) is 49.3 Å². The van der Waals surface area contributed by atoms with Gasteiger partial charge in [0.1, 0.15) is 5.76 Å². The number of furan rings is 1. The number of hydrogen-bond acceptors (Lipinski definition) is 6. The first-order valence-corrected chi connectivity index (χ1v) is 10.3. The maximum Gasteiger partial charge on any atom is 0.416 e. The molecule has 35 heavy (non-hydrogen) atoms. The molecule has 0 fully saturated rings. The van der Waals surface area contributed by atoms with Gasteiger partial charge in [0, 0.05) is 5.69 Å². The molecular formula is C24H17F3N2O6. The number of ether oxygens (including phenoxy) is 1. The fourth-order valence-corrected chi connectivity index (χ4v) is 3.42. The van der Waals surface area contributed by atoms with Gasteiger partial charge in [0.15, 0.2) is 6.10 Å². The third-order valence-electron chi connectivity index (χ3n) is 5.21. The maximum absolute atomic E-state index is 12.9. The van der Waals surface area contributed by atoms with E-state index in [1.165, 1.54) is 37.5 Å². The second-order valence-corrected chi connectivity index (χ2v) is 7.65. The van der Waals surface area contributed by atoms with Crippen LogP contribution in [0.3, 0.4) is 0 Å². The van der Waals surface area contributed by atoms with E-state index in [0.717, 1.165) is 23.1 Å².